The van der Waals surface area contributed by atoms with E-state index in [4.69, 9.17) is 0 Å². The molecule has 52 heavy (non-hydrogen) atoms. The van der Waals surface area contributed by atoms with Gasteiger partial charge in [-0.25, -0.2) is 0 Å². The van der Waals surface area contributed by atoms with Crippen LogP contribution in [0.1, 0.15) is 12.5 Å². The van der Waals surface area contributed by atoms with Crippen LogP contribution in [-0.4, -0.2) is 4.57 Å². The van der Waals surface area contributed by atoms with Gasteiger partial charge >= 0.3 is 0 Å². The molecule has 0 fully saturated rings. The van der Waals surface area contributed by atoms with Gasteiger partial charge in [-0.05, 0) is 112 Å². The molecule has 1 aromatic heterocycles. The molecule has 0 bridgehead atoms. The number of aromatic nitrogens is 1. The third kappa shape index (κ3) is 5.75. The Kier molecular flexibility index (Phi) is 8.19. The number of aryl methyl sites for hydroxylation is 1. The van der Waals surface area contributed by atoms with Gasteiger partial charge in [0.2, 0.25) is 0 Å². The molecule has 0 aliphatic heterocycles. The SMILES string of the molecule is CCc1ccccc1-c1ccc(N(c2ccc(-c3ccccc3)cc2)c2ccc(-c3ccc4c(c3)c3ccccc3n4-c3ccccc3)cc2)cc1. The zero-order valence-electron chi connectivity index (χ0n) is 29.2. The number of anilines is 3. The van der Waals surface area contributed by atoms with Crippen molar-refractivity contribution in [3.05, 3.63) is 206 Å². The van der Waals surface area contributed by atoms with Gasteiger partial charge in [-0.15, -0.1) is 0 Å². The van der Waals surface area contributed by atoms with E-state index in [1.807, 2.05) is 0 Å². The molecule has 0 atom stereocenters. The summed E-state index contributed by atoms with van der Waals surface area (Å²) >= 11 is 0. The van der Waals surface area contributed by atoms with Crippen LogP contribution in [0.5, 0.6) is 0 Å². The summed E-state index contributed by atoms with van der Waals surface area (Å²) < 4.78 is 2.37. The second-order valence-corrected chi connectivity index (χ2v) is 13.3. The van der Waals surface area contributed by atoms with Crippen LogP contribution in [-0.2, 0) is 6.42 Å². The molecule has 2 nitrogen and oxygen atoms in total. The number of benzene rings is 8. The van der Waals surface area contributed by atoms with E-state index in [1.165, 1.54) is 66.4 Å². The highest BCUT2D eigenvalue weighted by molar-refractivity contribution is 6.10. The van der Waals surface area contributed by atoms with Crippen LogP contribution >= 0.6 is 0 Å². The number of hydrogen-bond donors (Lipinski definition) is 0. The number of hydrogen-bond acceptors (Lipinski definition) is 1. The van der Waals surface area contributed by atoms with Gasteiger partial charge in [-0.1, -0.05) is 140 Å². The van der Waals surface area contributed by atoms with Crippen molar-refractivity contribution in [1.29, 1.82) is 0 Å². The Morgan fingerprint density at radius 3 is 1.52 bits per heavy atom. The molecule has 9 aromatic rings. The summed E-state index contributed by atoms with van der Waals surface area (Å²) in [5.41, 5.74) is 15.6. The van der Waals surface area contributed by atoms with Gasteiger partial charge in [0.25, 0.3) is 0 Å². The predicted molar refractivity (Wildman–Crippen MR) is 221 cm³/mol. The number of fused-ring (bicyclic) bond motifs is 3. The standard InChI is InChI=1S/C50H38N2/c1-2-36-13-9-10-18-46(36)40-25-32-45(33-26-40)51(43-28-21-38(22-29-43)37-14-5-3-6-15-37)44-30-23-39(24-31-44)41-27-34-50-48(35-41)47-19-11-12-20-49(47)52(50)42-16-7-4-8-17-42/h3-35H,2H2,1H3. The molecule has 8 aromatic carbocycles. The summed E-state index contributed by atoms with van der Waals surface area (Å²) in [4.78, 5) is 2.35. The topological polar surface area (TPSA) is 8.17 Å². The van der Waals surface area contributed by atoms with E-state index in [0.717, 1.165) is 23.5 Å². The largest absolute Gasteiger partial charge is 0.311 e. The first-order chi connectivity index (χ1) is 25.7. The van der Waals surface area contributed by atoms with E-state index < -0.39 is 0 Å². The number of para-hydroxylation sites is 2. The lowest BCUT2D eigenvalue weighted by Crippen LogP contribution is -2.09. The Morgan fingerprint density at radius 1 is 0.385 bits per heavy atom. The molecule has 0 N–H and O–H groups in total. The highest BCUT2D eigenvalue weighted by atomic mass is 15.1. The van der Waals surface area contributed by atoms with Crippen molar-refractivity contribution >= 4 is 38.9 Å². The Labute approximate surface area is 305 Å². The minimum Gasteiger partial charge on any atom is -0.311 e. The van der Waals surface area contributed by atoms with Crippen LogP contribution in [0, 0.1) is 0 Å². The zero-order chi connectivity index (χ0) is 34.9. The van der Waals surface area contributed by atoms with Crippen LogP contribution < -0.4 is 4.90 Å². The van der Waals surface area contributed by atoms with Gasteiger partial charge in [0.05, 0.1) is 11.0 Å². The molecule has 0 amide bonds. The average molecular weight is 667 g/mol. The smallest absolute Gasteiger partial charge is 0.0541 e. The molecule has 248 valence electrons. The van der Waals surface area contributed by atoms with Crippen LogP contribution in [0.25, 0.3) is 60.9 Å². The molecule has 0 radical (unpaired) electrons. The normalized spacial score (nSPS) is 11.2. The number of nitrogens with zero attached hydrogens (tertiary/aromatic N) is 2. The van der Waals surface area contributed by atoms with Gasteiger partial charge in [0.1, 0.15) is 0 Å². The summed E-state index contributed by atoms with van der Waals surface area (Å²) in [5.74, 6) is 0. The summed E-state index contributed by atoms with van der Waals surface area (Å²) in [6.45, 7) is 2.22. The molecule has 0 aliphatic rings. The van der Waals surface area contributed by atoms with Gasteiger partial charge in [-0.2, -0.15) is 0 Å². The third-order valence-electron chi connectivity index (χ3n) is 10.2. The molecule has 0 unspecified atom stereocenters. The minimum atomic E-state index is 1.01. The lowest BCUT2D eigenvalue weighted by molar-refractivity contribution is 1.14. The van der Waals surface area contributed by atoms with Gasteiger partial charge in [0, 0.05) is 33.5 Å². The maximum Gasteiger partial charge on any atom is 0.0541 e. The maximum atomic E-state index is 2.37. The van der Waals surface area contributed by atoms with Crippen LogP contribution in [0.15, 0.2) is 200 Å². The van der Waals surface area contributed by atoms with Crippen LogP contribution in [0.4, 0.5) is 17.1 Å². The second-order valence-electron chi connectivity index (χ2n) is 13.3. The number of rotatable bonds is 8. The molecule has 0 spiro atoms. The summed E-state index contributed by atoms with van der Waals surface area (Å²) in [6.07, 6.45) is 1.01. The van der Waals surface area contributed by atoms with Crippen molar-refractivity contribution in [2.75, 3.05) is 4.90 Å². The van der Waals surface area contributed by atoms with E-state index in [9.17, 15) is 0 Å². The quantitative estimate of drug-likeness (QED) is 0.157. The molecule has 9 rings (SSSR count). The molecule has 2 heteroatoms. The molecule has 0 saturated carbocycles. The first-order valence-electron chi connectivity index (χ1n) is 18.1. The highest BCUT2D eigenvalue weighted by Gasteiger charge is 2.16. The van der Waals surface area contributed by atoms with Crippen LogP contribution in [0.2, 0.25) is 0 Å². The fraction of sp³-hybridized carbons (Fsp3) is 0.0400. The molecule has 0 saturated heterocycles. The minimum absolute atomic E-state index is 1.01. The fourth-order valence-corrected chi connectivity index (χ4v) is 7.59. The van der Waals surface area contributed by atoms with Crippen molar-refractivity contribution in [3.63, 3.8) is 0 Å². The molecular weight excluding hydrogens is 629 g/mol. The van der Waals surface area contributed by atoms with E-state index >= 15 is 0 Å². The third-order valence-corrected chi connectivity index (χ3v) is 10.2. The fourth-order valence-electron chi connectivity index (χ4n) is 7.59. The first-order valence-corrected chi connectivity index (χ1v) is 18.1. The summed E-state index contributed by atoms with van der Waals surface area (Å²) in [7, 11) is 0. The van der Waals surface area contributed by atoms with Gasteiger partial charge in [0.15, 0.2) is 0 Å². The first kappa shape index (κ1) is 31.3. The monoisotopic (exact) mass is 666 g/mol. The Hall–Kier alpha value is -6.64. The highest BCUT2D eigenvalue weighted by Crippen LogP contribution is 2.39. The Morgan fingerprint density at radius 2 is 0.865 bits per heavy atom. The lowest BCUT2D eigenvalue weighted by atomic mass is 9.97. The summed E-state index contributed by atoms with van der Waals surface area (Å²) in [6, 6.07) is 72.4. The predicted octanol–water partition coefficient (Wildman–Crippen LogP) is 13.8. The Bertz CT molecular complexity index is 2620. The zero-order valence-corrected chi connectivity index (χ0v) is 29.2. The van der Waals surface area contributed by atoms with Crippen molar-refractivity contribution in [1.82, 2.24) is 4.57 Å². The molecular formula is C50H38N2. The van der Waals surface area contributed by atoms with E-state index in [2.05, 4.69) is 217 Å². The Balaban J connectivity index is 1.10. The van der Waals surface area contributed by atoms with E-state index in [0.29, 0.717) is 0 Å². The summed E-state index contributed by atoms with van der Waals surface area (Å²) in [5, 5.41) is 2.51. The van der Waals surface area contributed by atoms with Gasteiger partial charge in [-0.3, -0.25) is 0 Å². The second kappa shape index (κ2) is 13.6. The maximum absolute atomic E-state index is 2.37. The van der Waals surface area contributed by atoms with E-state index in [1.54, 1.807) is 0 Å². The van der Waals surface area contributed by atoms with Crippen molar-refractivity contribution < 1.29 is 0 Å². The molecule has 0 aliphatic carbocycles. The van der Waals surface area contributed by atoms with Gasteiger partial charge < -0.3 is 9.47 Å². The molecule has 1 heterocycles. The van der Waals surface area contributed by atoms with Crippen molar-refractivity contribution in [2.24, 2.45) is 0 Å². The van der Waals surface area contributed by atoms with Crippen molar-refractivity contribution in [2.45, 2.75) is 13.3 Å². The van der Waals surface area contributed by atoms with Crippen molar-refractivity contribution in [3.8, 4) is 39.1 Å². The van der Waals surface area contributed by atoms with Crippen LogP contribution in [0.3, 0.4) is 0 Å². The average Bonchev–Trinajstić information content (AvgIpc) is 3.56. The lowest BCUT2D eigenvalue weighted by Gasteiger charge is -2.26. The van der Waals surface area contributed by atoms with E-state index in [-0.39, 0.29) is 0 Å².